The second-order valence-electron chi connectivity index (χ2n) is 3.76. The second-order valence-corrected chi connectivity index (χ2v) is 4.71. The average molecular weight is 269 g/mol. The molecule has 0 saturated carbocycles. The molecule has 0 fully saturated rings. The molecule has 1 aromatic rings. The van der Waals surface area contributed by atoms with Gasteiger partial charge in [-0.15, -0.1) is 0 Å². The average Bonchev–Trinajstić information content (AvgIpc) is 2.34. The van der Waals surface area contributed by atoms with Gasteiger partial charge in [-0.25, -0.2) is 4.79 Å². The lowest BCUT2D eigenvalue weighted by Gasteiger charge is -2.16. The van der Waals surface area contributed by atoms with Crippen LogP contribution in [0.4, 0.5) is 4.79 Å². The fourth-order valence-electron chi connectivity index (χ4n) is 1.28. The number of carbonyl (C=O) groups is 2. The number of rotatable bonds is 5. The third kappa shape index (κ3) is 4.77. The number of carbonyl (C=O) groups excluding carboxylic acids is 1. The first-order chi connectivity index (χ1) is 8.50. The van der Waals surface area contributed by atoms with Crippen LogP contribution in [-0.4, -0.2) is 33.6 Å². The van der Waals surface area contributed by atoms with Gasteiger partial charge >= 0.3 is 5.97 Å². The van der Waals surface area contributed by atoms with Crippen molar-refractivity contribution in [2.45, 2.75) is 24.8 Å². The Morgan fingerprint density at radius 2 is 1.94 bits per heavy atom. The predicted molar refractivity (Wildman–Crippen MR) is 69.4 cm³/mol. The van der Waals surface area contributed by atoms with Gasteiger partial charge in [-0.2, -0.15) is 0 Å². The van der Waals surface area contributed by atoms with Crippen LogP contribution in [0.5, 0.6) is 0 Å². The van der Waals surface area contributed by atoms with E-state index in [2.05, 4.69) is 5.32 Å². The van der Waals surface area contributed by atoms with Gasteiger partial charge in [0.2, 0.25) is 0 Å². The topological polar surface area (TPSA) is 86.6 Å². The fourth-order valence-corrected chi connectivity index (χ4v) is 1.98. The van der Waals surface area contributed by atoms with E-state index in [0.717, 1.165) is 17.3 Å². The van der Waals surface area contributed by atoms with Gasteiger partial charge in [0, 0.05) is 5.75 Å². The largest absolute Gasteiger partial charge is 0.480 e. The molecule has 0 spiro atoms. The van der Waals surface area contributed by atoms with Crippen LogP contribution in [0.2, 0.25) is 0 Å². The number of benzene rings is 1. The van der Waals surface area contributed by atoms with Crippen molar-refractivity contribution in [3.8, 4) is 0 Å². The Bertz CT molecular complexity index is 408. The van der Waals surface area contributed by atoms with Crippen LogP contribution in [0.25, 0.3) is 0 Å². The number of aliphatic carboxylic acids is 1. The first-order valence-electron chi connectivity index (χ1n) is 5.39. The van der Waals surface area contributed by atoms with Gasteiger partial charge < -0.3 is 15.5 Å². The highest BCUT2D eigenvalue weighted by molar-refractivity contribution is 8.12. The molecule has 1 amide bonds. The van der Waals surface area contributed by atoms with Gasteiger partial charge in [0.05, 0.1) is 6.10 Å². The van der Waals surface area contributed by atoms with E-state index in [1.165, 1.54) is 6.92 Å². The number of thioether (sulfide) groups is 1. The van der Waals surface area contributed by atoms with E-state index in [1.54, 1.807) is 0 Å². The Morgan fingerprint density at radius 3 is 2.44 bits per heavy atom. The van der Waals surface area contributed by atoms with Crippen LogP contribution in [0.3, 0.4) is 0 Å². The van der Waals surface area contributed by atoms with Gasteiger partial charge in [0.1, 0.15) is 0 Å². The van der Waals surface area contributed by atoms with Gasteiger partial charge in [-0.3, -0.25) is 4.79 Å². The van der Waals surface area contributed by atoms with Crippen LogP contribution in [0.15, 0.2) is 30.3 Å². The molecule has 1 aromatic carbocycles. The Labute approximate surface area is 109 Å². The number of hydrogen-bond acceptors (Lipinski definition) is 4. The van der Waals surface area contributed by atoms with Crippen molar-refractivity contribution in [3.05, 3.63) is 35.9 Å². The van der Waals surface area contributed by atoms with E-state index in [0.29, 0.717) is 5.75 Å². The van der Waals surface area contributed by atoms with Crippen LogP contribution in [-0.2, 0) is 10.5 Å². The number of nitrogens with one attached hydrogen (secondary N) is 1. The lowest BCUT2D eigenvalue weighted by Crippen LogP contribution is -2.46. The van der Waals surface area contributed by atoms with E-state index in [9.17, 15) is 14.7 Å². The third-order valence-electron chi connectivity index (χ3n) is 2.23. The van der Waals surface area contributed by atoms with Crippen LogP contribution < -0.4 is 5.32 Å². The minimum atomic E-state index is -1.28. The smallest absolute Gasteiger partial charge is 0.328 e. The summed E-state index contributed by atoms with van der Waals surface area (Å²) in [6.07, 6.45) is -1.14. The van der Waals surface area contributed by atoms with E-state index in [-0.39, 0.29) is 0 Å². The van der Waals surface area contributed by atoms with E-state index >= 15 is 0 Å². The maximum absolute atomic E-state index is 11.5. The summed E-state index contributed by atoms with van der Waals surface area (Å²) < 4.78 is 0. The molecule has 0 aromatic heterocycles. The summed E-state index contributed by atoms with van der Waals surface area (Å²) in [5, 5.41) is 19.8. The molecule has 6 heteroatoms. The van der Waals surface area contributed by atoms with Crippen LogP contribution in [0, 0.1) is 0 Å². The summed E-state index contributed by atoms with van der Waals surface area (Å²) in [6.45, 7) is 1.32. The molecular formula is C12H15NO4S. The molecule has 18 heavy (non-hydrogen) atoms. The number of aliphatic hydroxyl groups is 1. The molecule has 0 heterocycles. The van der Waals surface area contributed by atoms with Crippen LogP contribution >= 0.6 is 11.8 Å². The molecule has 98 valence electrons. The Balaban J connectivity index is 2.44. The quantitative estimate of drug-likeness (QED) is 0.753. The van der Waals surface area contributed by atoms with Crippen molar-refractivity contribution in [2.75, 3.05) is 0 Å². The summed E-state index contributed by atoms with van der Waals surface area (Å²) >= 11 is 0.968. The molecular weight excluding hydrogens is 254 g/mol. The van der Waals surface area contributed by atoms with Gasteiger partial charge in [-0.05, 0) is 12.5 Å². The first kappa shape index (κ1) is 14.5. The Morgan fingerprint density at radius 1 is 1.33 bits per heavy atom. The van der Waals surface area contributed by atoms with E-state index < -0.39 is 23.4 Å². The number of aliphatic hydroxyl groups excluding tert-OH is 1. The minimum Gasteiger partial charge on any atom is -0.480 e. The highest BCUT2D eigenvalue weighted by Crippen LogP contribution is 2.12. The Hall–Kier alpha value is -1.53. The first-order valence-corrected chi connectivity index (χ1v) is 6.37. The monoisotopic (exact) mass is 269 g/mol. The van der Waals surface area contributed by atoms with Crippen molar-refractivity contribution < 1.29 is 19.8 Å². The fraction of sp³-hybridized carbons (Fsp3) is 0.333. The predicted octanol–water partition coefficient (Wildman–Crippen LogP) is 1.46. The second kappa shape index (κ2) is 7.03. The van der Waals surface area contributed by atoms with E-state index in [1.807, 2.05) is 30.3 Å². The normalized spacial score (nSPS) is 13.7. The molecule has 0 unspecified atom stereocenters. The molecule has 0 radical (unpaired) electrons. The number of amides is 1. The molecule has 0 aliphatic rings. The molecule has 0 bridgehead atoms. The zero-order valence-corrected chi connectivity index (χ0v) is 10.7. The summed E-state index contributed by atoms with van der Waals surface area (Å²) in [5.74, 6) is -0.794. The molecule has 3 N–H and O–H groups in total. The number of carboxylic acid groups (broad SMARTS) is 1. The lowest BCUT2D eigenvalue weighted by molar-refractivity contribution is -0.141. The van der Waals surface area contributed by atoms with E-state index in [4.69, 9.17) is 5.11 Å². The highest BCUT2D eigenvalue weighted by Gasteiger charge is 2.24. The van der Waals surface area contributed by atoms with Crippen molar-refractivity contribution in [1.29, 1.82) is 0 Å². The minimum absolute atomic E-state index is 0.457. The third-order valence-corrected chi connectivity index (χ3v) is 3.09. The van der Waals surface area contributed by atoms with Crippen molar-refractivity contribution in [2.24, 2.45) is 0 Å². The van der Waals surface area contributed by atoms with Crippen molar-refractivity contribution in [1.82, 2.24) is 5.32 Å². The van der Waals surface area contributed by atoms with Gasteiger partial charge in [0.15, 0.2) is 6.04 Å². The highest BCUT2D eigenvalue weighted by atomic mass is 32.2. The van der Waals surface area contributed by atoms with Gasteiger partial charge in [-0.1, -0.05) is 42.1 Å². The summed E-state index contributed by atoms with van der Waals surface area (Å²) in [6, 6.07) is 8.09. The zero-order chi connectivity index (χ0) is 13.5. The summed E-state index contributed by atoms with van der Waals surface area (Å²) in [5.41, 5.74) is 0.974. The van der Waals surface area contributed by atoms with Crippen LogP contribution in [0.1, 0.15) is 12.5 Å². The molecule has 2 atom stereocenters. The number of hydrogen-bond donors (Lipinski definition) is 3. The lowest BCUT2D eigenvalue weighted by atomic mass is 10.2. The Kier molecular flexibility index (Phi) is 5.67. The SMILES string of the molecule is C[C@@H](O)[C@H](NC(=O)SCc1ccccc1)C(=O)O. The number of carboxylic acids is 1. The molecule has 1 rings (SSSR count). The summed E-state index contributed by atoms with van der Waals surface area (Å²) in [7, 11) is 0. The zero-order valence-electron chi connectivity index (χ0n) is 9.87. The maximum Gasteiger partial charge on any atom is 0.328 e. The molecule has 0 saturated heterocycles. The van der Waals surface area contributed by atoms with Gasteiger partial charge in [0.25, 0.3) is 5.24 Å². The van der Waals surface area contributed by atoms with Crippen molar-refractivity contribution >= 4 is 23.0 Å². The molecule has 5 nitrogen and oxygen atoms in total. The standard InChI is InChI=1S/C12H15NO4S/c1-8(14)10(11(15)16)13-12(17)18-7-9-5-3-2-4-6-9/h2-6,8,10,14H,7H2,1H3,(H,13,17)(H,15,16)/t8-,10+/m1/s1. The summed E-state index contributed by atoms with van der Waals surface area (Å²) in [4.78, 5) is 22.3. The van der Waals surface area contributed by atoms with Crippen molar-refractivity contribution in [3.63, 3.8) is 0 Å². The maximum atomic E-state index is 11.5. The molecule has 0 aliphatic heterocycles. The molecule has 0 aliphatic carbocycles.